The number of hydrogen-bond acceptors (Lipinski definition) is 2. The molecule has 0 aliphatic rings. The molecule has 1 heterocycles. The van der Waals surface area contributed by atoms with E-state index in [2.05, 4.69) is 40.8 Å². The number of nitrogens with one attached hydrogen (secondary N) is 2. The molecule has 0 saturated heterocycles. The fraction of sp³-hybridized carbons (Fsp3) is 0.211. The number of hydrogen-bond donors (Lipinski definition) is 3. The smallest absolute Gasteiger partial charge is 0.234 e. The summed E-state index contributed by atoms with van der Waals surface area (Å²) >= 11 is 0. The van der Waals surface area contributed by atoms with Crippen LogP contribution >= 0.6 is 0 Å². The van der Waals surface area contributed by atoms with Crippen LogP contribution in [0.1, 0.15) is 24.0 Å². The number of rotatable bonds is 6. The number of carbonyl (C=O) groups is 1. The Morgan fingerprint density at radius 1 is 1.13 bits per heavy atom. The summed E-state index contributed by atoms with van der Waals surface area (Å²) in [5, 5.41) is 4.45. The molecule has 2 unspecified atom stereocenters. The summed E-state index contributed by atoms with van der Waals surface area (Å²) in [4.78, 5) is 14.6. The third kappa shape index (κ3) is 3.27. The molecule has 2 aromatic carbocycles. The van der Waals surface area contributed by atoms with Crippen molar-refractivity contribution in [2.75, 3.05) is 6.54 Å². The highest BCUT2D eigenvalue weighted by molar-refractivity contribution is 5.84. The molecule has 1 amide bonds. The molecule has 4 heteroatoms. The van der Waals surface area contributed by atoms with Crippen molar-refractivity contribution < 1.29 is 4.79 Å². The Morgan fingerprint density at radius 2 is 1.83 bits per heavy atom. The van der Waals surface area contributed by atoms with E-state index in [1.165, 1.54) is 16.5 Å². The number of carbonyl (C=O) groups excluding carboxylic acids is 1. The van der Waals surface area contributed by atoms with Gasteiger partial charge in [-0.1, -0.05) is 48.5 Å². The van der Waals surface area contributed by atoms with Gasteiger partial charge in [0.15, 0.2) is 0 Å². The van der Waals surface area contributed by atoms with Crippen LogP contribution < -0.4 is 11.1 Å². The third-order valence-electron chi connectivity index (χ3n) is 4.25. The lowest BCUT2D eigenvalue weighted by molar-refractivity contribution is -0.119. The zero-order chi connectivity index (χ0) is 16.2. The highest BCUT2D eigenvalue weighted by atomic mass is 16.1. The maximum atomic E-state index is 11.3. The molecule has 0 spiro atoms. The molecule has 2 atom stereocenters. The topological polar surface area (TPSA) is 70.9 Å². The molecule has 0 aliphatic carbocycles. The molecule has 3 rings (SSSR count). The van der Waals surface area contributed by atoms with Crippen molar-refractivity contribution in [1.29, 1.82) is 0 Å². The normalized spacial score (nSPS) is 13.8. The SMILES string of the molecule is CC(NCC(c1ccccc1)c1c[nH]c2ccccc12)C(N)=O. The standard InChI is InChI=1S/C19H21N3O/c1-13(19(20)23)21-11-16(14-7-3-2-4-8-14)17-12-22-18-10-6-5-9-15(17)18/h2-10,12-13,16,21-22H,11H2,1H3,(H2,20,23). The highest BCUT2D eigenvalue weighted by Gasteiger charge is 2.19. The van der Waals surface area contributed by atoms with Gasteiger partial charge in [-0.3, -0.25) is 4.79 Å². The summed E-state index contributed by atoms with van der Waals surface area (Å²) in [6, 6.07) is 18.2. The van der Waals surface area contributed by atoms with Crippen LogP contribution in [0.25, 0.3) is 10.9 Å². The largest absolute Gasteiger partial charge is 0.368 e. The lowest BCUT2D eigenvalue weighted by atomic mass is 9.90. The van der Waals surface area contributed by atoms with Gasteiger partial charge in [0.1, 0.15) is 0 Å². The second-order valence-corrected chi connectivity index (χ2v) is 5.79. The van der Waals surface area contributed by atoms with E-state index in [1.807, 2.05) is 30.3 Å². The Bertz CT molecular complexity index is 794. The lowest BCUT2D eigenvalue weighted by Crippen LogP contribution is -2.40. The number of fused-ring (bicyclic) bond motifs is 1. The monoisotopic (exact) mass is 307 g/mol. The first-order valence-electron chi connectivity index (χ1n) is 7.80. The van der Waals surface area contributed by atoms with E-state index in [4.69, 9.17) is 5.73 Å². The van der Waals surface area contributed by atoms with E-state index in [1.54, 1.807) is 6.92 Å². The minimum absolute atomic E-state index is 0.147. The highest BCUT2D eigenvalue weighted by Crippen LogP contribution is 2.30. The maximum Gasteiger partial charge on any atom is 0.234 e. The molecule has 0 bridgehead atoms. The van der Waals surface area contributed by atoms with E-state index in [0.717, 1.165) is 5.52 Å². The average molecular weight is 307 g/mol. The second kappa shape index (κ2) is 6.67. The van der Waals surface area contributed by atoms with E-state index in [-0.39, 0.29) is 17.9 Å². The van der Waals surface area contributed by atoms with E-state index >= 15 is 0 Å². The Morgan fingerprint density at radius 3 is 2.57 bits per heavy atom. The van der Waals surface area contributed by atoms with Crippen molar-refractivity contribution in [3.8, 4) is 0 Å². The first-order chi connectivity index (χ1) is 11.2. The average Bonchev–Trinajstić information content (AvgIpc) is 3.00. The molecule has 0 radical (unpaired) electrons. The Kier molecular flexibility index (Phi) is 4.44. The fourth-order valence-corrected chi connectivity index (χ4v) is 2.87. The number of amides is 1. The molecule has 0 fully saturated rings. The summed E-state index contributed by atoms with van der Waals surface area (Å²) in [5.74, 6) is -0.190. The van der Waals surface area contributed by atoms with Crippen molar-refractivity contribution in [2.45, 2.75) is 18.9 Å². The number of benzene rings is 2. The van der Waals surface area contributed by atoms with E-state index in [0.29, 0.717) is 6.54 Å². The Labute approximate surface area is 135 Å². The van der Waals surface area contributed by atoms with Crippen LogP contribution in [0.3, 0.4) is 0 Å². The Balaban J connectivity index is 1.96. The van der Waals surface area contributed by atoms with Crippen molar-refractivity contribution in [3.05, 3.63) is 71.9 Å². The zero-order valence-corrected chi connectivity index (χ0v) is 13.1. The van der Waals surface area contributed by atoms with Gasteiger partial charge in [0.05, 0.1) is 6.04 Å². The number of aromatic nitrogens is 1. The number of primary amides is 1. The van der Waals surface area contributed by atoms with Crippen molar-refractivity contribution in [3.63, 3.8) is 0 Å². The van der Waals surface area contributed by atoms with Gasteiger partial charge in [-0.05, 0) is 24.1 Å². The van der Waals surface area contributed by atoms with Gasteiger partial charge in [0, 0.05) is 29.6 Å². The summed E-state index contributed by atoms with van der Waals surface area (Å²) in [6.45, 7) is 2.44. The molecule has 0 aliphatic heterocycles. The molecule has 23 heavy (non-hydrogen) atoms. The van der Waals surface area contributed by atoms with Gasteiger partial charge in [0.2, 0.25) is 5.91 Å². The van der Waals surface area contributed by atoms with Crippen LogP contribution in [0.5, 0.6) is 0 Å². The van der Waals surface area contributed by atoms with Crippen molar-refractivity contribution in [2.24, 2.45) is 5.73 Å². The van der Waals surface area contributed by atoms with Gasteiger partial charge >= 0.3 is 0 Å². The number of nitrogens with two attached hydrogens (primary N) is 1. The van der Waals surface area contributed by atoms with Gasteiger partial charge in [0.25, 0.3) is 0 Å². The van der Waals surface area contributed by atoms with Gasteiger partial charge in [-0.2, -0.15) is 0 Å². The first-order valence-corrected chi connectivity index (χ1v) is 7.80. The molecule has 3 aromatic rings. The number of aromatic amines is 1. The molecule has 1 aromatic heterocycles. The molecular formula is C19H21N3O. The predicted molar refractivity (Wildman–Crippen MR) is 93.2 cm³/mol. The number of para-hydroxylation sites is 1. The van der Waals surface area contributed by atoms with Crippen LogP contribution in [-0.4, -0.2) is 23.5 Å². The fourth-order valence-electron chi connectivity index (χ4n) is 2.87. The summed E-state index contributed by atoms with van der Waals surface area (Å²) in [5.41, 5.74) is 8.91. The zero-order valence-electron chi connectivity index (χ0n) is 13.1. The predicted octanol–water partition coefficient (Wildman–Crippen LogP) is 2.76. The molecule has 4 N–H and O–H groups in total. The lowest BCUT2D eigenvalue weighted by Gasteiger charge is -2.20. The number of H-pyrrole nitrogens is 1. The van der Waals surface area contributed by atoms with Gasteiger partial charge in [-0.25, -0.2) is 0 Å². The molecule has 0 saturated carbocycles. The first kappa shape index (κ1) is 15.3. The molecule has 4 nitrogen and oxygen atoms in total. The maximum absolute atomic E-state index is 11.3. The van der Waals surface area contributed by atoms with Crippen LogP contribution in [0.4, 0.5) is 0 Å². The quantitative estimate of drug-likeness (QED) is 0.655. The summed E-state index contributed by atoms with van der Waals surface area (Å²) < 4.78 is 0. The minimum Gasteiger partial charge on any atom is -0.368 e. The van der Waals surface area contributed by atoms with Gasteiger partial charge in [-0.15, -0.1) is 0 Å². The van der Waals surface area contributed by atoms with E-state index in [9.17, 15) is 4.79 Å². The van der Waals surface area contributed by atoms with Crippen molar-refractivity contribution in [1.82, 2.24) is 10.3 Å². The summed E-state index contributed by atoms with van der Waals surface area (Å²) in [6.07, 6.45) is 2.05. The molecule has 118 valence electrons. The van der Waals surface area contributed by atoms with Crippen LogP contribution in [0, 0.1) is 0 Å². The van der Waals surface area contributed by atoms with E-state index < -0.39 is 0 Å². The van der Waals surface area contributed by atoms with Crippen LogP contribution in [-0.2, 0) is 4.79 Å². The molecular weight excluding hydrogens is 286 g/mol. The third-order valence-corrected chi connectivity index (χ3v) is 4.25. The van der Waals surface area contributed by atoms with Crippen molar-refractivity contribution >= 4 is 16.8 Å². The second-order valence-electron chi connectivity index (χ2n) is 5.79. The Hall–Kier alpha value is -2.59. The van der Waals surface area contributed by atoms with Crippen LogP contribution in [0.15, 0.2) is 60.8 Å². The summed E-state index contributed by atoms with van der Waals surface area (Å²) in [7, 11) is 0. The van der Waals surface area contributed by atoms with Crippen LogP contribution in [0.2, 0.25) is 0 Å². The minimum atomic E-state index is -0.355. The van der Waals surface area contributed by atoms with Gasteiger partial charge < -0.3 is 16.0 Å².